The fraction of sp³-hybridized carbons (Fsp3) is 0.170. The van der Waals surface area contributed by atoms with E-state index in [0.29, 0.717) is 21.8 Å². The molecule has 2 aromatic heterocycles. The predicted octanol–water partition coefficient (Wildman–Crippen LogP) is 7.68. The zero-order valence-corrected chi connectivity index (χ0v) is 41.0. The van der Waals surface area contributed by atoms with Gasteiger partial charge in [-0.2, -0.15) is 5.10 Å². The van der Waals surface area contributed by atoms with E-state index in [1.54, 1.807) is 19.2 Å². The molecule has 358 valence electrons. The average molecular weight is 1000 g/mol. The number of thiazole rings is 1. The summed E-state index contributed by atoms with van der Waals surface area (Å²) in [7, 11) is 1.31. The number of aromatic nitrogens is 4. The van der Waals surface area contributed by atoms with Crippen LogP contribution in [0.15, 0.2) is 189 Å². The van der Waals surface area contributed by atoms with Gasteiger partial charge in [0.2, 0.25) is 0 Å². The molecule has 15 nitrogen and oxygen atoms in total. The molecule has 2 amide bonds. The molecule has 4 heterocycles. The molecular weight excluding hydrogens is 957 g/mol. The number of benzene rings is 5. The van der Waals surface area contributed by atoms with Crippen molar-refractivity contribution in [2.75, 3.05) is 18.2 Å². The van der Waals surface area contributed by atoms with Crippen LogP contribution < -0.4 is 21.8 Å². The van der Waals surface area contributed by atoms with Crippen molar-refractivity contribution < 1.29 is 24.0 Å². The molecule has 1 fully saturated rings. The fourth-order valence-corrected chi connectivity index (χ4v) is 11.0. The Labute approximate surface area is 421 Å². The summed E-state index contributed by atoms with van der Waals surface area (Å²) in [6, 6.07) is 46.9. The molecule has 5 aromatic carbocycles. The molecule has 0 radical (unpaired) electrons. The molecule has 2 aliphatic rings. The molecule has 0 saturated carbocycles. The van der Waals surface area contributed by atoms with Gasteiger partial charge in [-0.1, -0.05) is 157 Å². The Morgan fingerprint density at radius 1 is 0.831 bits per heavy atom. The third kappa shape index (κ3) is 9.60. The number of amides is 2. The minimum Gasteiger partial charge on any atom is -0.448 e. The summed E-state index contributed by atoms with van der Waals surface area (Å²) in [4.78, 5) is 80.4. The lowest BCUT2D eigenvalue weighted by Gasteiger charge is -2.49. The maximum Gasteiger partial charge on any atom is 0.356 e. The number of thiol groups is 1. The highest BCUT2D eigenvalue weighted by Gasteiger charge is 2.55. The lowest BCUT2D eigenvalue weighted by atomic mass is 9.77. The minimum atomic E-state index is -1.11. The van der Waals surface area contributed by atoms with Crippen LogP contribution in [-0.2, 0) is 29.5 Å². The van der Waals surface area contributed by atoms with E-state index in [1.165, 1.54) is 45.8 Å². The van der Waals surface area contributed by atoms with Crippen LogP contribution in [0.1, 0.15) is 65.3 Å². The maximum atomic E-state index is 14.8. The number of thioether (sulfide) groups is 1. The molecule has 18 heteroatoms. The molecule has 0 spiro atoms. The number of carbonyl (C=O) groups excluding carboxylic acids is 3. The number of nitrogens with zero attached hydrogens (tertiary/aromatic N) is 5. The fourth-order valence-electron chi connectivity index (χ4n) is 8.68. The molecule has 1 saturated heterocycles. The first-order valence-electron chi connectivity index (χ1n) is 22.4. The monoisotopic (exact) mass is 1000 g/mol. The first-order valence-corrected chi connectivity index (χ1v) is 24.8. The minimum absolute atomic E-state index is 0.0445. The number of fused-ring (bicyclic) bond motifs is 1. The quantitative estimate of drug-likeness (QED) is 0.0141. The molecule has 0 bridgehead atoms. The largest absolute Gasteiger partial charge is 0.448 e. The summed E-state index contributed by atoms with van der Waals surface area (Å²) < 4.78 is 7.53. The van der Waals surface area contributed by atoms with Crippen LogP contribution >= 0.6 is 35.7 Å². The van der Waals surface area contributed by atoms with Gasteiger partial charge in [-0.05, 0) is 53.3 Å². The zero-order valence-electron chi connectivity index (χ0n) is 38.5. The standard InChI is InChI=1S/C53H46N8O7S3/c1-32(2)60-45(57-58-47(63)49(60)65)40(69)29-35-30-70-50-42(48(64)61(50)43(35)51(66)68-44(33-19-9-4-10-20-33)34-21-11-5-12-22-34)55-46(62)41(59-67-3)39-31-71-52(54-39)56-53(36-23-13-6-14-24-36,37-25-15-7-16-26-37)38-27-17-8-18-28-38/h4-29,31-32,42,44,50,69H,30H2,1-3H3,(H,54,56)(H,55,62)(H,58,63). The maximum absolute atomic E-state index is 14.8. The van der Waals surface area contributed by atoms with Gasteiger partial charge >= 0.3 is 17.1 Å². The second-order valence-electron chi connectivity index (χ2n) is 16.6. The summed E-state index contributed by atoms with van der Waals surface area (Å²) >= 11 is 7.27. The van der Waals surface area contributed by atoms with Crippen molar-refractivity contribution in [3.05, 3.63) is 234 Å². The van der Waals surface area contributed by atoms with E-state index in [-0.39, 0.29) is 33.6 Å². The molecule has 71 heavy (non-hydrogen) atoms. The predicted molar refractivity (Wildman–Crippen MR) is 278 cm³/mol. The lowest BCUT2D eigenvalue weighted by molar-refractivity contribution is -0.154. The average Bonchev–Trinajstić information content (AvgIpc) is 3.87. The van der Waals surface area contributed by atoms with Crippen LogP contribution in [0.2, 0.25) is 0 Å². The summed E-state index contributed by atoms with van der Waals surface area (Å²) in [6.07, 6.45) is 0.661. The van der Waals surface area contributed by atoms with Crippen LogP contribution in [0.25, 0.3) is 4.91 Å². The van der Waals surface area contributed by atoms with E-state index in [4.69, 9.17) is 27.2 Å². The van der Waals surface area contributed by atoms with Crippen LogP contribution in [-0.4, -0.2) is 72.4 Å². The first-order chi connectivity index (χ1) is 34.5. The highest BCUT2D eigenvalue weighted by atomic mass is 32.2. The Balaban J connectivity index is 1.03. The van der Waals surface area contributed by atoms with Crippen molar-refractivity contribution >= 4 is 69.3 Å². The molecule has 0 aliphatic carbocycles. The Kier molecular flexibility index (Phi) is 14.3. The topological polar surface area (TPSA) is 190 Å². The Bertz CT molecular complexity index is 3160. The van der Waals surface area contributed by atoms with Gasteiger partial charge < -0.3 is 20.2 Å². The summed E-state index contributed by atoms with van der Waals surface area (Å²) in [6.45, 7) is 3.44. The number of hydrogen-bond donors (Lipinski definition) is 4. The van der Waals surface area contributed by atoms with Gasteiger partial charge in [-0.25, -0.2) is 14.9 Å². The normalized spacial score (nSPS) is 16.1. The lowest BCUT2D eigenvalue weighted by Crippen LogP contribution is -2.71. The number of anilines is 1. The molecule has 3 N–H and O–H groups in total. The van der Waals surface area contributed by atoms with Crippen molar-refractivity contribution in [1.82, 2.24) is 30.0 Å². The molecule has 9 rings (SSSR count). The zero-order chi connectivity index (χ0) is 49.6. The van der Waals surface area contributed by atoms with Gasteiger partial charge in [0.1, 0.15) is 35.5 Å². The van der Waals surface area contributed by atoms with Gasteiger partial charge in [-0.15, -0.1) is 35.7 Å². The van der Waals surface area contributed by atoms with Crippen LogP contribution in [0.3, 0.4) is 0 Å². The number of ether oxygens (including phenoxy) is 1. The Morgan fingerprint density at radius 2 is 1.37 bits per heavy atom. The van der Waals surface area contributed by atoms with E-state index in [9.17, 15) is 24.0 Å². The summed E-state index contributed by atoms with van der Waals surface area (Å²) in [5.74, 6) is -1.97. The number of aromatic amines is 1. The molecule has 2 unspecified atom stereocenters. The van der Waals surface area contributed by atoms with E-state index >= 15 is 0 Å². The van der Waals surface area contributed by atoms with Gasteiger partial charge in [0, 0.05) is 22.1 Å². The first kappa shape index (κ1) is 48.2. The van der Waals surface area contributed by atoms with Crippen LogP contribution in [0.5, 0.6) is 0 Å². The third-order valence-corrected chi connectivity index (χ3v) is 14.3. The van der Waals surface area contributed by atoms with Gasteiger partial charge in [-0.3, -0.25) is 28.6 Å². The van der Waals surface area contributed by atoms with Crippen LogP contribution in [0, 0.1) is 0 Å². The van der Waals surface area contributed by atoms with Crippen molar-refractivity contribution in [2.24, 2.45) is 5.16 Å². The molecular formula is C53H46N8O7S3. The number of oxime groups is 1. The van der Waals surface area contributed by atoms with E-state index < -0.39 is 58.0 Å². The smallest absolute Gasteiger partial charge is 0.356 e. The number of carbonyl (C=O) groups is 3. The number of nitrogens with one attached hydrogen (secondary N) is 3. The van der Waals surface area contributed by atoms with Gasteiger partial charge in [0.25, 0.3) is 11.8 Å². The number of hydrogen-bond acceptors (Lipinski definition) is 14. The highest BCUT2D eigenvalue weighted by Crippen LogP contribution is 2.44. The van der Waals surface area contributed by atoms with Crippen molar-refractivity contribution in [1.29, 1.82) is 0 Å². The number of allylic oxidation sites excluding steroid dienone is 1. The van der Waals surface area contributed by atoms with Crippen LogP contribution in [0.4, 0.5) is 5.13 Å². The summed E-state index contributed by atoms with van der Waals surface area (Å²) in [5, 5.41) is 18.4. The summed E-state index contributed by atoms with van der Waals surface area (Å²) in [5.41, 5.74) is 1.87. The second kappa shape index (κ2) is 21.1. The van der Waals surface area contributed by atoms with E-state index in [0.717, 1.165) is 16.7 Å². The van der Waals surface area contributed by atoms with Crippen molar-refractivity contribution in [3.63, 3.8) is 0 Å². The number of rotatable bonds is 16. The van der Waals surface area contributed by atoms with E-state index in [2.05, 4.69) is 26.0 Å². The third-order valence-electron chi connectivity index (χ3n) is 11.9. The molecule has 2 aliphatic heterocycles. The van der Waals surface area contributed by atoms with Gasteiger partial charge in [0.15, 0.2) is 22.8 Å². The van der Waals surface area contributed by atoms with E-state index in [1.807, 2.05) is 152 Å². The second-order valence-corrected chi connectivity index (χ2v) is 19.1. The molecule has 7 aromatic rings. The van der Waals surface area contributed by atoms with Crippen molar-refractivity contribution in [2.45, 2.75) is 42.9 Å². The highest BCUT2D eigenvalue weighted by molar-refractivity contribution is 8.00. The number of esters is 1. The van der Waals surface area contributed by atoms with Gasteiger partial charge in [0.05, 0.1) is 0 Å². The molecule has 2 atom stereocenters. The Hall–Kier alpha value is -7.80. The Morgan fingerprint density at radius 3 is 1.89 bits per heavy atom. The number of H-pyrrole nitrogens is 1. The SMILES string of the molecule is CON=C(C(=O)NC1C(=O)N2C(C(=O)OC(c3ccccc3)c3ccccc3)=C(C=C(S)c3n[nH]c(=O)c(=O)n3C(C)C)CSC12)c1csc(NC(c2ccccc2)(c2ccccc2)c2ccccc2)n1. The number of β-lactam (4-membered cyclic amide) rings is 1. The van der Waals surface area contributed by atoms with Crippen molar-refractivity contribution in [3.8, 4) is 0 Å².